The minimum atomic E-state index is -0.318. The van der Waals surface area contributed by atoms with Crippen LogP contribution in [-0.4, -0.2) is 31.4 Å². The van der Waals surface area contributed by atoms with Gasteiger partial charge in [0.2, 0.25) is 0 Å². The number of halogens is 1. The van der Waals surface area contributed by atoms with E-state index >= 15 is 0 Å². The van der Waals surface area contributed by atoms with Gasteiger partial charge in [0.05, 0.1) is 0 Å². The molecule has 1 saturated carbocycles. The molecule has 1 fully saturated rings. The third-order valence-electron chi connectivity index (χ3n) is 5.67. The van der Waals surface area contributed by atoms with Gasteiger partial charge in [0, 0.05) is 23.0 Å². The molecule has 1 atom stereocenters. The molecule has 0 radical (unpaired) electrons. The van der Waals surface area contributed by atoms with Crippen LogP contribution in [-0.2, 0) is 0 Å². The first kappa shape index (κ1) is 20.0. The smallest absolute Gasteiger partial charge is 0.251 e. The zero-order valence-corrected chi connectivity index (χ0v) is 17.0. The maximum Gasteiger partial charge on any atom is 0.251 e. The summed E-state index contributed by atoms with van der Waals surface area (Å²) in [5.41, 5.74) is 0.518. The van der Waals surface area contributed by atoms with Gasteiger partial charge in [-0.15, -0.1) is 11.3 Å². The molecule has 0 bridgehead atoms. The van der Waals surface area contributed by atoms with E-state index in [0.717, 1.165) is 6.42 Å². The Kier molecular flexibility index (Phi) is 7.02. The summed E-state index contributed by atoms with van der Waals surface area (Å²) in [6.45, 7) is 0.688. The molecule has 0 aliphatic heterocycles. The zero-order valence-electron chi connectivity index (χ0n) is 16.2. The van der Waals surface area contributed by atoms with Crippen LogP contribution in [0.15, 0.2) is 41.8 Å². The molecule has 2 aromatic rings. The number of nitrogens with zero attached hydrogens (tertiary/aromatic N) is 1. The molecule has 5 heteroatoms. The summed E-state index contributed by atoms with van der Waals surface area (Å²) in [6.07, 6.45) is 5.97. The molecule has 3 nitrogen and oxygen atoms in total. The van der Waals surface area contributed by atoms with Crippen LogP contribution < -0.4 is 5.32 Å². The van der Waals surface area contributed by atoms with E-state index in [1.165, 1.54) is 54.8 Å². The largest absolute Gasteiger partial charge is 0.352 e. The average molecular weight is 389 g/mol. The van der Waals surface area contributed by atoms with Crippen LogP contribution >= 0.6 is 11.3 Å². The number of thiophene rings is 1. The van der Waals surface area contributed by atoms with Crippen molar-refractivity contribution in [3.63, 3.8) is 0 Å². The van der Waals surface area contributed by atoms with Gasteiger partial charge in [-0.1, -0.05) is 18.9 Å². The SMILES string of the molecule is CN(C)C(c1cccs1)C1CCC(CCNC(=O)c2ccc(F)cc2)CC1. The van der Waals surface area contributed by atoms with Gasteiger partial charge in [0.15, 0.2) is 0 Å². The highest BCUT2D eigenvalue weighted by Gasteiger charge is 2.30. The molecule has 1 aromatic carbocycles. The van der Waals surface area contributed by atoms with Crippen molar-refractivity contribution < 1.29 is 9.18 Å². The number of nitrogens with one attached hydrogen (secondary N) is 1. The highest BCUT2D eigenvalue weighted by molar-refractivity contribution is 7.10. The second kappa shape index (κ2) is 9.47. The van der Waals surface area contributed by atoms with E-state index in [9.17, 15) is 9.18 Å². The highest BCUT2D eigenvalue weighted by atomic mass is 32.1. The predicted molar refractivity (Wildman–Crippen MR) is 110 cm³/mol. The molecule has 1 amide bonds. The van der Waals surface area contributed by atoms with Crippen molar-refractivity contribution in [2.24, 2.45) is 11.8 Å². The molecule has 1 N–H and O–H groups in total. The van der Waals surface area contributed by atoms with Gasteiger partial charge in [-0.3, -0.25) is 4.79 Å². The summed E-state index contributed by atoms with van der Waals surface area (Å²) in [5, 5.41) is 5.14. The topological polar surface area (TPSA) is 32.3 Å². The number of amides is 1. The minimum Gasteiger partial charge on any atom is -0.352 e. The molecule has 3 rings (SSSR count). The fourth-order valence-corrected chi connectivity index (χ4v) is 5.27. The van der Waals surface area contributed by atoms with Gasteiger partial charge in [-0.05, 0) is 80.9 Å². The van der Waals surface area contributed by atoms with E-state index in [-0.39, 0.29) is 11.7 Å². The highest BCUT2D eigenvalue weighted by Crippen LogP contribution is 2.41. The van der Waals surface area contributed by atoms with Gasteiger partial charge in [-0.2, -0.15) is 0 Å². The van der Waals surface area contributed by atoms with E-state index in [2.05, 4.69) is 41.8 Å². The average Bonchev–Trinajstić information content (AvgIpc) is 3.17. The van der Waals surface area contributed by atoms with Gasteiger partial charge < -0.3 is 10.2 Å². The first-order valence-corrected chi connectivity index (χ1v) is 10.7. The maximum atomic E-state index is 12.9. The summed E-state index contributed by atoms with van der Waals surface area (Å²) in [6, 6.07) is 10.6. The monoisotopic (exact) mass is 388 g/mol. The van der Waals surface area contributed by atoms with Gasteiger partial charge in [0.25, 0.3) is 5.91 Å². The Morgan fingerprint density at radius 2 is 1.89 bits per heavy atom. The van der Waals surface area contributed by atoms with E-state index in [1.807, 2.05) is 11.3 Å². The summed E-state index contributed by atoms with van der Waals surface area (Å²) < 4.78 is 12.9. The fraction of sp³-hybridized carbons (Fsp3) is 0.500. The molecule has 1 aliphatic carbocycles. The number of rotatable bonds is 7. The number of carbonyl (C=O) groups excluding carboxylic acids is 1. The van der Waals surface area contributed by atoms with Crippen LogP contribution in [0.4, 0.5) is 4.39 Å². The van der Waals surface area contributed by atoms with Crippen molar-refractivity contribution in [3.8, 4) is 0 Å². The summed E-state index contributed by atoms with van der Waals surface area (Å²) >= 11 is 1.86. The van der Waals surface area contributed by atoms with Crippen molar-refractivity contribution in [1.29, 1.82) is 0 Å². The van der Waals surface area contributed by atoms with Crippen LogP contribution in [0.25, 0.3) is 0 Å². The molecular formula is C22H29FN2OS. The number of hydrogen-bond donors (Lipinski definition) is 1. The standard InChI is InChI=1S/C22H29FN2OS/c1-25(2)21(20-4-3-15-27-20)17-7-5-16(6-8-17)13-14-24-22(26)18-9-11-19(23)12-10-18/h3-4,9-12,15-17,21H,5-8,13-14H2,1-2H3,(H,24,26). The second-order valence-corrected chi connectivity index (χ2v) is 8.74. The van der Waals surface area contributed by atoms with E-state index in [4.69, 9.17) is 0 Å². The number of hydrogen-bond acceptors (Lipinski definition) is 3. The summed E-state index contributed by atoms with van der Waals surface area (Å²) in [4.78, 5) is 15.9. The maximum absolute atomic E-state index is 12.9. The summed E-state index contributed by atoms with van der Waals surface area (Å²) in [5.74, 6) is 0.959. The lowest BCUT2D eigenvalue weighted by molar-refractivity contribution is 0.0947. The van der Waals surface area contributed by atoms with Crippen molar-refractivity contribution in [3.05, 3.63) is 58.0 Å². The number of benzene rings is 1. The van der Waals surface area contributed by atoms with Crippen LogP contribution in [0.2, 0.25) is 0 Å². The van der Waals surface area contributed by atoms with Crippen molar-refractivity contribution in [2.45, 2.75) is 38.1 Å². The quantitative estimate of drug-likeness (QED) is 0.714. The lowest BCUT2D eigenvalue weighted by Crippen LogP contribution is -2.31. The normalized spacial score (nSPS) is 21.2. The van der Waals surface area contributed by atoms with E-state index in [1.54, 1.807) is 0 Å². The molecular weight excluding hydrogens is 359 g/mol. The second-order valence-electron chi connectivity index (χ2n) is 7.76. The Morgan fingerprint density at radius 1 is 1.19 bits per heavy atom. The zero-order chi connectivity index (χ0) is 19.2. The summed E-state index contributed by atoms with van der Waals surface area (Å²) in [7, 11) is 4.36. The van der Waals surface area contributed by atoms with Crippen molar-refractivity contribution in [2.75, 3.05) is 20.6 Å². The van der Waals surface area contributed by atoms with E-state index in [0.29, 0.717) is 30.0 Å². The minimum absolute atomic E-state index is 0.117. The molecule has 0 spiro atoms. The Bertz CT molecular complexity index is 706. The Labute approximate surface area is 165 Å². The van der Waals surface area contributed by atoms with Gasteiger partial charge in [0.1, 0.15) is 5.82 Å². The first-order valence-electron chi connectivity index (χ1n) is 9.78. The van der Waals surface area contributed by atoms with Crippen molar-refractivity contribution >= 4 is 17.2 Å². The molecule has 1 aliphatic rings. The predicted octanol–water partition coefficient (Wildman–Crippen LogP) is 5.12. The Morgan fingerprint density at radius 3 is 2.48 bits per heavy atom. The lowest BCUT2D eigenvalue weighted by atomic mass is 9.76. The van der Waals surface area contributed by atoms with Gasteiger partial charge >= 0.3 is 0 Å². The lowest BCUT2D eigenvalue weighted by Gasteiger charge is -2.37. The Balaban J connectivity index is 1.43. The van der Waals surface area contributed by atoms with Crippen molar-refractivity contribution in [1.82, 2.24) is 10.2 Å². The number of carbonyl (C=O) groups is 1. The molecule has 1 aromatic heterocycles. The van der Waals surface area contributed by atoms with Crippen LogP contribution in [0, 0.1) is 17.7 Å². The molecule has 27 heavy (non-hydrogen) atoms. The van der Waals surface area contributed by atoms with Crippen LogP contribution in [0.5, 0.6) is 0 Å². The van der Waals surface area contributed by atoms with Gasteiger partial charge in [-0.25, -0.2) is 4.39 Å². The molecule has 146 valence electrons. The fourth-order valence-electron chi connectivity index (χ4n) is 4.25. The van der Waals surface area contributed by atoms with E-state index < -0.39 is 0 Å². The first-order chi connectivity index (χ1) is 13.0. The van der Waals surface area contributed by atoms with Crippen LogP contribution in [0.1, 0.15) is 53.4 Å². The molecule has 1 heterocycles. The Hall–Kier alpha value is -1.72. The van der Waals surface area contributed by atoms with Crippen LogP contribution in [0.3, 0.4) is 0 Å². The third-order valence-corrected chi connectivity index (χ3v) is 6.62. The third kappa shape index (κ3) is 5.39. The molecule has 0 saturated heterocycles. The molecule has 1 unspecified atom stereocenters.